The number of rotatable bonds is 3. The molecule has 1 aliphatic rings. The van der Waals surface area contributed by atoms with Gasteiger partial charge in [-0.1, -0.05) is 23.2 Å². The molecule has 132 valence electrons. The van der Waals surface area contributed by atoms with Crippen LogP contribution in [0.5, 0.6) is 0 Å². The summed E-state index contributed by atoms with van der Waals surface area (Å²) in [5, 5.41) is 8.55. The second-order valence-electron chi connectivity index (χ2n) is 5.74. The van der Waals surface area contributed by atoms with E-state index in [2.05, 4.69) is 26.9 Å². The maximum absolute atomic E-state index is 12.7. The van der Waals surface area contributed by atoms with E-state index in [9.17, 15) is 4.79 Å². The molecule has 0 fully saturated rings. The molecule has 26 heavy (non-hydrogen) atoms. The van der Waals surface area contributed by atoms with Gasteiger partial charge in [-0.25, -0.2) is 5.53 Å². The second-order valence-corrected chi connectivity index (χ2v) is 6.52. The van der Waals surface area contributed by atoms with Gasteiger partial charge in [0.05, 0.1) is 10.0 Å². The van der Waals surface area contributed by atoms with Gasteiger partial charge in [-0.05, 0) is 42.5 Å². The van der Waals surface area contributed by atoms with Crippen LogP contribution in [-0.4, -0.2) is 16.3 Å². The van der Waals surface area contributed by atoms with Crippen LogP contribution in [0.3, 0.4) is 0 Å². The van der Waals surface area contributed by atoms with Crippen LogP contribution >= 0.6 is 23.2 Å². The molecule has 9 heteroatoms. The number of hydrogen-bond acceptors (Lipinski definition) is 5. The molecule has 0 saturated carbocycles. The molecule has 7 nitrogen and oxygen atoms in total. The number of nitrogens with one attached hydrogen (secondary N) is 4. The lowest BCUT2D eigenvalue weighted by molar-refractivity contribution is 0.102. The lowest BCUT2D eigenvalue weighted by Gasteiger charge is -2.08. The highest BCUT2D eigenvalue weighted by atomic mass is 35.5. The van der Waals surface area contributed by atoms with Gasteiger partial charge in [0.25, 0.3) is 5.91 Å². The number of carbonyl (C=O) groups is 1. The van der Waals surface area contributed by atoms with Crippen LogP contribution in [0, 0.1) is 0 Å². The molecule has 2 aromatic carbocycles. The third kappa shape index (κ3) is 2.86. The number of fused-ring (bicyclic) bond motifs is 1. The van der Waals surface area contributed by atoms with Crippen molar-refractivity contribution in [1.29, 1.82) is 0 Å². The summed E-state index contributed by atoms with van der Waals surface area (Å²) >= 11 is 12.3. The number of benzene rings is 2. The molecular weight excluding hydrogens is 375 g/mol. The summed E-state index contributed by atoms with van der Waals surface area (Å²) in [6, 6.07) is 12.6. The number of hydrazine groups is 2. The fourth-order valence-corrected chi connectivity index (χ4v) is 3.19. The molecule has 0 radical (unpaired) electrons. The first-order chi connectivity index (χ1) is 12.5. The number of halogens is 2. The normalized spacial score (nSPS) is 13.3. The molecule has 1 aliphatic heterocycles. The summed E-state index contributed by atoms with van der Waals surface area (Å²) in [4.78, 5) is 12.7. The van der Waals surface area contributed by atoms with E-state index in [-0.39, 0.29) is 5.91 Å². The molecule has 0 unspecified atom stereocenters. The van der Waals surface area contributed by atoms with Crippen molar-refractivity contribution in [3.05, 3.63) is 63.8 Å². The van der Waals surface area contributed by atoms with E-state index in [4.69, 9.17) is 23.2 Å². The van der Waals surface area contributed by atoms with Gasteiger partial charge in [0.2, 0.25) is 0 Å². The van der Waals surface area contributed by atoms with Crippen LogP contribution in [0.15, 0.2) is 47.6 Å². The van der Waals surface area contributed by atoms with Gasteiger partial charge < -0.3 is 9.88 Å². The third-order valence-electron chi connectivity index (χ3n) is 4.17. The monoisotopic (exact) mass is 388 g/mol. The van der Waals surface area contributed by atoms with Gasteiger partial charge in [-0.2, -0.15) is 0 Å². The smallest absolute Gasteiger partial charge is 0.272 e. The summed E-state index contributed by atoms with van der Waals surface area (Å²) in [6.07, 6.45) is 0. The highest BCUT2D eigenvalue weighted by molar-refractivity contribution is 6.45. The Labute approximate surface area is 158 Å². The standard InChI is InChI=1S/C17H14Cl2N6O/c1-25-13-7-6-12(18)15(19)11(13)8-14(25)17(26)20-10-4-2-9(3-5-10)16-21-23-24-22-16/h2-8,23-24H,1H3,(H,20,26)(H,21,22). The summed E-state index contributed by atoms with van der Waals surface area (Å²) in [5.74, 6) is 0.436. The Balaban J connectivity index is 1.59. The fraction of sp³-hybridized carbons (Fsp3) is 0.0588. The molecule has 0 bridgehead atoms. The van der Waals surface area contributed by atoms with Crippen LogP contribution in [0.1, 0.15) is 16.1 Å². The van der Waals surface area contributed by atoms with Crippen LogP contribution < -0.4 is 21.8 Å². The molecule has 0 saturated heterocycles. The van der Waals surface area contributed by atoms with Crippen LogP contribution in [-0.2, 0) is 7.05 Å². The maximum atomic E-state index is 12.7. The topological polar surface area (TPSA) is 82.5 Å². The Morgan fingerprint density at radius 2 is 1.92 bits per heavy atom. The largest absolute Gasteiger partial charge is 0.340 e. The van der Waals surface area contributed by atoms with Crippen LogP contribution in [0.25, 0.3) is 10.9 Å². The van der Waals surface area contributed by atoms with Crippen molar-refractivity contribution in [2.45, 2.75) is 0 Å². The van der Waals surface area contributed by atoms with Crippen molar-refractivity contribution < 1.29 is 4.79 Å². The molecule has 2 heterocycles. The first-order valence-corrected chi connectivity index (χ1v) is 8.49. The molecule has 4 rings (SSSR count). The third-order valence-corrected chi connectivity index (χ3v) is 4.99. The molecular formula is C17H14Cl2N6O. The quantitative estimate of drug-likeness (QED) is 0.555. The van der Waals surface area contributed by atoms with Crippen molar-refractivity contribution in [2.24, 2.45) is 12.1 Å². The van der Waals surface area contributed by atoms with E-state index in [1.54, 1.807) is 16.7 Å². The predicted octanol–water partition coefficient (Wildman–Crippen LogP) is 3.01. The highest BCUT2D eigenvalue weighted by Gasteiger charge is 2.16. The molecule has 4 N–H and O–H groups in total. The van der Waals surface area contributed by atoms with Gasteiger partial charge in [0.1, 0.15) is 5.69 Å². The highest BCUT2D eigenvalue weighted by Crippen LogP contribution is 2.32. The first-order valence-electron chi connectivity index (χ1n) is 7.73. The minimum absolute atomic E-state index is 0.233. The van der Waals surface area contributed by atoms with E-state index in [1.807, 2.05) is 37.4 Å². The number of aromatic nitrogens is 1. The average molecular weight is 389 g/mol. The fourth-order valence-electron chi connectivity index (χ4n) is 2.81. The Bertz CT molecular complexity index is 1040. The predicted molar refractivity (Wildman–Crippen MR) is 103 cm³/mol. The van der Waals surface area contributed by atoms with E-state index in [1.165, 1.54) is 0 Å². The minimum atomic E-state index is -0.233. The first kappa shape index (κ1) is 16.7. The van der Waals surface area contributed by atoms with E-state index in [0.29, 0.717) is 27.3 Å². The maximum Gasteiger partial charge on any atom is 0.272 e. The molecule has 3 aromatic rings. The van der Waals surface area contributed by atoms with Crippen molar-refractivity contribution in [1.82, 2.24) is 21.1 Å². The Morgan fingerprint density at radius 3 is 2.62 bits per heavy atom. The minimum Gasteiger partial charge on any atom is -0.340 e. The van der Waals surface area contributed by atoms with Gasteiger partial charge in [0, 0.05) is 29.2 Å². The Morgan fingerprint density at radius 1 is 1.15 bits per heavy atom. The number of carbonyl (C=O) groups excluding carboxylic acids is 1. The van der Waals surface area contributed by atoms with Crippen molar-refractivity contribution in [2.75, 3.05) is 5.32 Å². The second kappa shape index (κ2) is 6.53. The number of hydrogen-bond donors (Lipinski definition) is 4. The summed E-state index contributed by atoms with van der Waals surface area (Å²) in [5.41, 5.74) is 11.0. The van der Waals surface area contributed by atoms with Gasteiger partial charge in [-0.15, -0.1) is 10.6 Å². The van der Waals surface area contributed by atoms with Crippen molar-refractivity contribution in [3.63, 3.8) is 0 Å². The number of amidine groups is 1. The Kier molecular flexibility index (Phi) is 4.20. The Hall–Kier alpha value is -2.74. The number of amides is 1. The van der Waals surface area contributed by atoms with E-state index >= 15 is 0 Å². The zero-order valence-corrected chi connectivity index (χ0v) is 15.1. The summed E-state index contributed by atoms with van der Waals surface area (Å²) in [6.45, 7) is 0. The van der Waals surface area contributed by atoms with Gasteiger partial charge in [0.15, 0.2) is 5.84 Å². The van der Waals surface area contributed by atoms with Gasteiger partial charge in [-0.3, -0.25) is 10.2 Å². The number of nitrogens with zero attached hydrogens (tertiary/aromatic N) is 2. The molecule has 0 atom stereocenters. The SMILES string of the molecule is Cn1c(C(=O)Nc2ccc(C3=NNNN3)cc2)cc2c(Cl)c(Cl)ccc21. The van der Waals surface area contributed by atoms with Crippen molar-refractivity contribution >= 4 is 51.5 Å². The lowest BCUT2D eigenvalue weighted by Crippen LogP contribution is -2.35. The summed E-state index contributed by atoms with van der Waals surface area (Å²) in [7, 11) is 1.81. The van der Waals surface area contributed by atoms with Crippen LogP contribution in [0.2, 0.25) is 10.0 Å². The molecule has 1 amide bonds. The van der Waals surface area contributed by atoms with Crippen LogP contribution in [0.4, 0.5) is 5.69 Å². The van der Waals surface area contributed by atoms with Gasteiger partial charge >= 0.3 is 0 Å². The number of hydrazone groups is 1. The molecule has 0 spiro atoms. The molecule has 1 aromatic heterocycles. The lowest BCUT2D eigenvalue weighted by atomic mass is 10.2. The zero-order valence-electron chi connectivity index (χ0n) is 13.6. The van der Waals surface area contributed by atoms with E-state index in [0.717, 1.165) is 16.5 Å². The van der Waals surface area contributed by atoms with E-state index < -0.39 is 0 Å². The zero-order chi connectivity index (χ0) is 18.3. The molecule has 0 aliphatic carbocycles. The summed E-state index contributed by atoms with van der Waals surface area (Å²) < 4.78 is 1.79. The average Bonchev–Trinajstić information content (AvgIpc) is 3.28. The number of anilines is 1. The van der Waals surface area contributed by atoms with Crippen molar-refractivity contribution in [3.8, 4) is 0 Å². The number of aryl methyl sites for hydroxylation is 1.